The first-order valence-corrected chi connectivity index (χ1v) is 5.23. The number of carbonyl (C=O) groups excluding carboxylic acids is 1. The summed E-state index contributed by atoms with van der Waals surface area (Å²) in [7, 11) is 0. The Hall–Kier alpha value is -0.740. The summed E-state index contributed by atoms with van der Waals surface area (Å²) in [6.45, 7) is 1.16. The van der Waals surface area contributed by atoms with Crippen molar-refractivity contribution in [3.05, 3.63) is 16.6 Å². The molecular weight excluding hydrogens is 186 g/mol. The monoisotopic (exact) mass is 197 g/mol. The van der Waals surface area contributed by atoms with Gasteiger partial charge in [0.2, 0.25) is 0 Å². The van der Waals surface area contributed by atoms with E-state index in [0.29, 0.717) is 25.4 Å². The minimum atomic E-state index is 0.0416. The Morgan fingerprint density at radius 1 is 1.69 bits per heavy atom. The molecule has 1 aromatic heterocycles. The fourth-order valence-corrected chi connectivity index (χ4v) is 2.13. The Balaban J connectivity index is 1.97. The lowest BCUT2D eigenvalue weighted by Crippen LogP contribution is -2.29. The molecule has 13 heavy (non-hydrogen) atoms. The number of nitrogens with zero attached hydrogens (tertiary/aromatic N) is 1. The molecule has 1 aliphatic rings. The lowest BCUT2D eigenvalue weighted by Gasteiger charge is -2.19. The first kappa shape index (κ1) is 8.84. The molecule has 0 bridgehead atoms. The molecule has 0 radical (unpaired) electrons. The van der Waals surface area contributed by atoms with Crippen LogP contribution in [0.25, 0.3) is 0 Å². The van der Waals surface area contributed by atoms with Crippen molar-refractivity contribution < 1.29 is 9.53 Å². The van der Waals surface area contributed by atoms with E-state index in [1.807, 2.05) is 5.38 Å². The number of carbonyl (C=O) groups is 1. The second kappa shape index (κ2) is 3.98. The summed E-state index contributed by atoms with van der Waals surface area (Å²) in [6.07, 6.45) is 3.08. The average Bonchev–Trinajstić information content (AvgIpc) is 2.61. The van der Waals surface area contributed by atoms with Crippen molar-refractivity contribution in [1.29, 1.82) is 0 Å². The Labute approximate surface area is 80.8 Å². The molecule has 1 aliphatic heterocycles. The molecule has 1 atom stereocenters. The van der Waals surface area contributed by atoms with E-state index in [1.165, 1.54) is 0 Å². The number of hydrogen-bond acceptors (Lipinski definition) is 4. The van der Waals surface area contributed by atoms with Crippen LogP contribution in [-0.4, -0.2) is 24.0 Å². The van der Waals surface area contributed by atoms with Crippen LogP contribution in [0.2, 0.25) is 0 Å². The van der Waals surface area contributed by atoms with Gasteiger partial charge in [0.1, 0.15) is 5.78 Å². The standard InChI is InChI=1S/C9H11NO2S/c11-8-1-3-12-6-7(8)5-9-10-2-4-13-9/h2,4,7H,1,3,5-6H2. The van der Waals surface area contributed by atoms with Gasteiger partial charge in [-0.2, -0.15) is 0 Å². The maximum Gasteiger partial charge on any atom is 0.140 e. The van der Waals surface area contributed by atoms with Gasteiger partial charge < -0.3 is 4.74 Å². The van der Waals surface area contributed by atoms with Crippen LogP contribution in [0.4, 0.5) is 0 Å². The minimum absolute atomic E-state index is 0.0416. The fourth-order valence-electron chi connectivity index (χ4n) is 1.43. The lowest BCUT2D eigenvalue weighted by molar-refractivity contribution is -0.130. The third-order valence-corrected chi connectivity index (χ3v) is 2.97. The van der Waals surface area contributed by atoms with Crippen LogP contribution >= 0.6 is 11.3 Å². The second-order valence-corrected chi connectivity index (χ2v) is 4.10. The molecule has 2 rings (SSSR count). The van der Waals surface area contributed by atoms with Gasteiger partial charge in [0.15, 0.2) is 0 Å². The molecule has 3 nitrogen and oxygen atoms in total. The molecule has 0 aromatic carbocycles. The van der Waals surface area contributed by atoms with Gasteiger partial charge in [-0.25, -0.2) is 4.98 Å². The Kier molecular flexibility index (Phi) is 2.71. The molecule has 0 amide bonds. The maximum absolute atomic E-state index is 11.4. The third-order valence-electron chi connectivity index (χ3n) is 2.17. The van der Waals surface area contributed by atoms with Crippen molar-refractivity contribution in [2.75, 3.05) is 13.2 Å². The molecular formula is C9H11NO2S. The van der Waals surface area contributed by atoms with Crippen LogP contribution in [0.5, 0.6) is 0 Å². The number of ketones is 1. The van der Waals surface area contributed by atoms with Crippen LogP contribution in [0.3, 0.4) is 0 Å². The van der Waals surface area contributed by atoms with Crippen molar-refractivity contribution in [3.8, 4) is 0 Å². The molecule has 4 heteroatoms. The van der Waals surface area contributed by atoms with E-state index < -0.39 is 0 Å². The molecule has 0 spiro atoms. The largest absolute Gasteiger partial charge is 0.380 e. The van der Waals surface area contributed by atoms with Gasteiger partial charge in [0.25, 0.3) is 0 Å². The highest BCUT2D eigenvalue weighted by Crippen LogP contribution is 2.17. The first-order chi connectivity index (χ1) is 6.36. The Morgan fingerprint density at radius 2 is 2.62 bits per heavy atom. The molecule has 0 saturated carbocycles. The highest BCUT2D eigenvalue weighted by atomic mass is 32.1. The summed E-state index contributed by atoms with van der Waals surface area (Å²) in [4.78, 5) is 15.6. The van der Waals surface area contributed by atoms with E-state index >= 15 is 0 Å². The Bertz CT molecular complexity index is 284. The van der Waals surface area contributed by atoms with E-state index in [-0.39, 0.29) is 5.92 Å². The zero-order chi connectivity index (χ0) is 9.10. The smallest absolute Gasteiger partial charge is 0.140 e. The Morgan fingerprint density at radius 3 is 3.31 bits per heavy atom. The van der Waals surface area contributed by atoms with Crippen molar-refractivity contribution in [2.24, 2.45) is 5.92 Å². The summed E-state index contributed by atoms with van der Waals surface area (Å²) in [6, 6.07) is 0. The quantitative estimate of drug-likeness (QED) is 0.717. The molecule has 1 fully saturated rings. The summed E-state index contributed by atoms with van der Waals surface area (Å²) >= 11 is 1.60. The summed E-state index contributed by atoms with van der Waals surface area (Å²) in [5, 5.41) is 2.97. The number of hydrogen-bond donors (Lipinski definition) is 0. The predicted octanol–water partition coefficient (Wildman–Crippen LogP) is 1.29. The number of rotatable bonds is 2. The van der Waals surface area contributed by atoms with Crippen LogP contribution in [0.1, 0.15) is 11.4 Å². The number of ether oxygens (including phenoxy) is 1. The van der Waals surface area contributed by atoms with E-state index in [9.17, 15) is 4.79 Å². The fraction of sp³-hybridized carbons (Fsp3) is 0.556. The SMILES string of the molecule is O=C1CCOCC1Cc1nccs1. The average molecular weight is 197 g/mol. The third kappa shape index (κ3) is 2.14. The maximum atomic E-state index is 11.4. The van der Waals surface area contributed by atoms with Gasteiger partial charge in [-0.05, 0) is 0 Å². The molecule has 2 heterocycles. The molecule has 1 unspecified atom stereocenters. The van der Waals surface area contributed by atoms with Crippen molar-refractivity contribution in [3.63, 3.8) is 0 Å². The zero-order valence-corrected chi connectivity index (χ0v) is 8.05. The van der Waals surface area contributed by atoms with Crippen LogP contribution < -0.4 is 0 Å². The van der Waals surface area contributed by atoms with Gasteiger partial charge in [-0.3, -0.25) is 4.79 Å². The summed E-state index contributed by atoms with van der Waals surface area (Å²) in [5.74, 6) is 0.362. The van der Waals surface area contributed by atoms with Gasteiger partial charge >= 0.3 is 0 Å². The first-order valence-electron chi connectivity index (χ1n) is 4.35. The van der Waals surface area contributed by atoms with Gasteiger partial charge in [-0.15, -0.1) is 11.3 Å². The van der Waals surface area contributed by atoms with E-state index in [1.54, 1.807) is 17.5 Å². The van der Waals surface area contributed by atoms with Gasteiger partial charge in [0.05, 0.1) is 18.2 Å². The second-order valence-electron chi connectivity index (χ2n) is 3.12. The highest BCUT2D eigenvalue weighted by Gasteiger charge is 2.23. The van der Waals surface area contributed by atoms with Crippen molar-refractivity contribution >= 4 is 17.1 Å². The minimum Gasteiger partial charge on any atom is -0.380 e. The lowest BCUT2D eigenvalue weighted by atomic mass is 9.97. The van der Waals surface area contributed by atoms with E-state index in [2.05, 4.69) is 4.98 Å². The van der Waals surface area contributed by atoms with E-state index in [4.69, 9.17) is 4.74 Å². The van der Waals surface area contributed by atoms with Gasteiger partial charge in [0, 0.05) is 30.3 Å². The zero-order valence-electron chi connectivity index (χ0n) is 7.23. The normalized spacial score (nSPS) is 23.4. The predicted molar refractivity (Wildman–Crippen MR) is 49.8 cm³/mol. The summed E-state index contributed by atoms with van der Waals surface area (Å²) < 4.78 is 5.26. The van der Waals surface area contributed by atoms with Crippen LogP contribution in [-0.2, 0) is 16.0 Å². The molecule has 0 N–H and O–H groups in total. The number of aromatic nitrogens is 1. The van der Waals surface area contributed by atoms with Crippen LogP contribution in [0.15, 0.2) is 11.6 Å². The van der Waals surface area contributed by atoms with Crippen molar-refractivity contribution in [1.82, 2.24) is 4.98 Å². The topological polar surface area (TPSA) is 39.2 Å². The van der Waals surface area contributed by atoms with Gasteiger partial charge in [-0.1, -0.05) is 0 Å². The number of thiazole rings is 1. The number of Topliss-reactive ketones (excluding diaryl/α,β-unsaturated/α-hetero) is 1. The van der Waals surface area contributed by atoms with E-state index in [0.717, 1.165) is 11.4 Å². The molecule has 1 saturated heterocycles. The van der Waals surface area contributed by atoms with Crippen molar-refractivity contribution in [2.45, 2.75) is 12.8 Å². The molecule has 0 aliphatic carbocycles. The van der Waals surface area contributed by atoms with Crippen LogP contribution in [0, 0.1) is 5.92 Å². The summed E-state index contributed by atoms with van der Waals surface area (Å²) in [5.41, 5.74) is 0. The molecule has 1 aromatic rings. The molecule has 70 valence electrons. The highest BCUT2D eigenvalue weighted by molar-refractivity contribution is 7.09.